The lowest BCUT2D eigenvalue weighted by Gasteiger charge is -2.08. The number of anilines is 1. The molecule has 1 N–H and O–H groups in total. The molecule has 0 unspecified atom stereocenters. The maximum atomic E-state index is 12.4. The van der Waals surface area contributed by atoms with Gasteiger partial charge in [0.15, 0.2) is 6.61 Å². The van der Waals surface area contributed by atoms with Crippen molar-refractivity contribution in [2.24, 2.45) is 0 Å². The number of rotatable bonds is 10. The van der Waals surface area contributed by atoms with Gasteiger partial charge in [-0.2, -0.15) is 0 Å². The quantitative estimate of drug-likeness (QED) is 0.423. The third-order valence-electron chi connectivity index (χ3n) is 4.75. The molecule has 1 aliphatic carbocycles. The zero-order valence-electron chi connectivity index (χ0n) is 18.1. The van der Waals surface area contributed by atoms with E-state index in [1.54, 1.807) is 32.2 Å². The van der Waals surface area contributed by atoms with Gasteiger partial charge in [-0.3, -0.25) is 4.79 Å². The molecule has 0 bridgehead atoms. The number of carbonyl (C=O) groups excluding carboxylic acids is 3. The molecule has 170 valence electrons. The minimum Gasteiger partial charge on any atom is -0.497 e. The summed E-state index contributed by atoms with van der Waals surface area (Å²) in [5.41, 5.74) is 1.95. The van der Waals surface area contributed by atoms with Crippen LogP contribution < -0.4 is 14.8 Å². The van der Waals surface area contributed by atoms with Gasteiger partial charge in [-0.15, -0.1) is 11.3 Å². The van der Waals surface area contributed by atoms with Gasteiger partial charge in [0.25, 0.3) is 5.91 Å². The van der Waals surface area contributed by atoms with Crippen molar-refractivity contribution in [1.82, 2.24) is 0 Å². The van der Waals surface area contributed by atoms with Crippen molar-refractivity contribution < 1.29 is 33.3 Å². The molecule has 9 heteroatoms. The number of benzene rings is 1. The number of hydrogen-bond donors (Lipinski definition) is 1. The monoisotopic (exact) mass is 459 g/mol. The van der Waals surface area contributed by atoms with Gasteiger partial charge in [-0.05, 0) is 54.8 Å². The summed E-state index contributed by atoms with van der Waals surface area (Å²) in [4.78, 5) is 36.7. The van der Waals surface area contributed by atoms with Crippen LogP contribution in [0.3, 0.4) is 0 Å². The van der Waals surface area contributed by atoms with Crippen molar-refractivity contribution >= 4 is 40.3 Å². The minimum absolute atomic E-state index is 0.245. The Bertz CT molecular complexity index is 1020. The molecule has 1 fully saturated rings. The largest absolute Gasteiger partial charge is 0.497 e. The lowest BCUT2D eigenvalue weighted by Crippen LogP contribution is -2.21. The molecule has 0 radical (unpaired) electrons. The van der Waals surface area contributed by atoms with Gasteiger partial charge in [-0.1, -0.05) is 0 Å². The van der Waals surface area contributed by atoms with Crippen LogP contribution in [0.15, 0.2) is 29.7 Å². The number of esters is 2. The first-order chi connectivity index (χ1) is 15.5. The van der Waals surface area contributed by atoms with Crippen LogP contribution in [0.1, 0.15) is 47.2 Å². The van der Waals surface area contributed by atoms with Gasteiger partial charge >= 0.3 is 11.9 Å². The maximum Gasteiger partial charge on any atom is 0.341 e. The van der Waals surface area contributed by atoms with E-state index in [1.807, 2.05) is 5.38 Å². The molecular formula is C23H25NO7S. The molecule has 8 nitrogen and oxygen atoms in total. The van der Waals surface area contributed by atoms with Gasteiger partial charge in [0, 0.05) is 17.7 Å². The van der Waals surface area contributed by atoms with Crippen LogP contribution in [0.5, 0.6) is 11.5 Å². The number of thiophene rings is 1. The van der Waals surface area contributed by atoms with Crippen molar-refractivity contribution in [3.63, 3.8) is 0 Å². The van der Waals surface area contributed by atoms with Crippen LogP contribution in [0.4, 0.5) is 5.00 Å². The van der Waals surface area contributed by atoms with Crippen molar-refractivity contribution in [3.05, 3.63) is 46.3 Å². The molecule has 0 spiro atoms. The zero-order valence-corrected chi connectivity index (χ0v) is 19.0. The summed E-state index contributed by atoms with van der Waals surface area (Å²) in [7, 11) is 3.06. The van der Waals surface area contributed by atoms with Crippen LogP contribution in [0.2, 0.25) is 0 Å². The van der Waals surface area contributed by atoms with E-state index in [0.29, 0.717) is 33.5 Å². The van der Waals surface area contributed by atoms with Gasteiger partial charge in [0.2, 0.25) is 0 Å². The Hall–Kier alpha value is -3.33. The van der Waals surface area contributed by atoms with Crippen LogP contribution in [-0.4, -0.2) is 45.3 Å². The lowest BCUT2D eigenvalue weighted by molar-refractivity contribution is -0.142. The normalized spacial score (nSPS) is 13.0. The average Bonchev–Trinajstić information content (AvgIpc) is 3.56. The van der Waals surface area contributed by atoms with E-state index < -0.39 is 24.5 Å². The molecule has 1 amide bonds. The number of ether oxygens (including phenoxy) is 4. The molecule has 1 saturated carbocycles. The molecule has 1 aromatic carbocycles. The van der Waals surface area contributed by atoms with Gasteiger partial charge < -0.3 is 24.3 Å². The Morgan fingerprint density at radius 1 is 1.16 bits per heavy atom. The van der Waals surface area contributed by atoms with E-state index in [4.69, 9.17) is 18.9 Å². The van der Waals surface area contributed by atoms with E-state index in [2.05, 4.69) is 5.32 Å². The average molecular weight is 460 g/mol. The van der Waals surface area contributed by atoms with Crippen LogP contribution >= 0.6 is 11.3 Å². The fraction of sp³-hybridized carbons (Fsp3) is 0.348. The molecule has 0 saturated heterocycles. The van der Waals surface area contributed by atoms with E-state index in [0.717, 1.165) is 18.4 Å². The van der Waals surface area contributed by atoms with E-state index in [1.165, 1.54) is 30.6 Å². The van der Waals surface area contributed by atoms with Gasteiger partial charge in [0.1, 0.15) is 16.5 Å². The molecule has 1 heterocycles. The van der Waals surface area contributed by atoms with Crippen LogP contribution in [0.25, 0.3) is 6.08 Å². The Morgan fingerprint density at radius 3 is 2.59 bits per heavy atom. The molecule has 3 rings (SSSR count). The zero-order chi connectivity index (χ0) is 23.1. The standard InChI is InChI=1S/C23H25NO7S/c1-4-30-23(27)21-17(14-5-6-14)13-32-22(21)24-19(25)12-31-20(26)10-8-15-7-9-16(28-2)11-18(15)29-3/h7-11,13-14H,4-6,12H2,1-3H3,(H,24,25)/b10-8+. The second-order valence-electron chi connectivity index (χ2n) is 6.99. The summed E-state index contributed by atoms with van der Waals surface area (Å²) in [6.07, 6.45) is 4.76. The second-order valence-corrected chi connectivity index (χ2v) is 7.87. The molecule has 0 atom stereocenters. The molecule has 0 aliphatic heterocycles. The molecular weight excluding hydrogens is 434 g/mol. The highest BCUT2D eigenvalue weighted by Crippen LogP contribution is 2.46. The van der Waals surface area contributed by atoms with Gasteiger partial charge in [0.05, 0.1) is 26.4 Å². The summed E-state index contributed by atoms with van der Waals surface area (Å²) in [6, 6.07) is 5.16. The maximum absolute atomic E-state index is 12.4. The summed E-state index contributed by atoms with van der Waals surface area (Å²) >= 11 is 1.26. The minimum atomic E-state index is -0.687. The molecule has 2 aromatic rings. The third-order valence-corrected chi connectivity index (χ3v) is 5.67. The SMILES string of the molecule is CCOC(=O)c1c(C2CC2)csc1NC(=O)COC(=O)/C=C/c1ccc(OC)cc1OC. The predicted molar refractivity (Wildman–Crippen MR) is 120 cm³/mol. The summed E-state index contributed by atoms with van der Waals surface area (Å²) in [5.74, 6) is -0.203. The van der Waals surface area contributed by atoms with Crippen LogP contribution in [-0.2, 0) is 19.1 Å². The number of hydrogen-bond acceptors (Lipinski definition) is 8. The first-order valence-corrected chi connectivity index (χ1v) is 11.0. The molecule has 1 aliphatic rings. The fourth-order valence-corrected chi connectivity index (χ4v) is 4.08. The number of amides is 1. The highest BCUT2D eigenvalue weighted by atomic mass is 32.1. The smallest absolute Gasteiger partial charge is 0.341 e. The van der Waals surface area contributed by atoms with Crippen molar-refractivity contribution in [2.45, 2.75) is 25.7 Å². The Morgan fingerprint density at radius 2 is 1.94 bits per heavy atom. The number of carbonyl (C=O) groups is 3. The molecule has 1 aromatic heterocycles. The topological polar surface area (TPSA) is 100 Å². The highest BCUT2D eigenvalue weighted by molar-refractivity contribution is 7.15. The lowest BCUT2D eigenvalue weighted by atomic mass is 10.1. The Labute approximate surface area is 190 Å². The number of nitrogens with one attached hydrogen (secondary N) is 1. The van der Waals surface area contributed by atoms with E-state index in [9.17, 15) is 14.4 Å². The van der Waals surface area contributed by atoms with Crippen molar-refractivity contribution in [2.75, 3.05) is 32.8 Å². The second kappa shape index (κ2) is 10.8. The Balaban J connectivity index is 1.58. The van der Waals surface area contributed by atoms with E-state index >= 15 is 0 Å². The predicted octanol–water partition coefficient (Wildman–Crippen LogP) is 4.01. The summed E-state index contributed by atoms with van der Waals surface area (Å²) < 4.78 is 20.6. The highest BCUT2D eigenvalue weighted by Gasteiger charge is 2.32. The first-order valence-electron chi connectivity index (χ1n) is 10.1. The molecule has 32 heavy (non-hydrogen) atoms. The van der Waals surface area contributed by atoms with E-state index in [-0.39, 0.29) is 6.61 Å². The van der Waals surface area contributed by atoms with Crippen molar-refractivity contribution in [1.29, 1.82) is 0 Å². The fourth-order valence-electron chi connectivity index (χ4n) is 3.03. The van der Waals surface area contributed by atoms with Gasteiger partial charge in [-0.25, -0.2) is 9.59 Å². The van der Waals surface area contributed by atoms with Crippen LogP contribution in [0, 0.1) is 0 Å². The first kappa shape index (κ1) is 23.3. The van der Waals surface area contributed by atoms with Crippen molar-refractivity contribution in [3.8, 4) is 11.5 Å². The number of methoxy groups -OCH3 is 2. The summed E-state index contributed by atoms with van der Waals surface area (Å²) in [5, 5.41) is 4.94. The summed E-state index contributed by atoms with van der Waals surface area (Å²) in [6.45, 7) is 1.49. The Kier molecular flexibility index (Phi) is 7.88. The third kappa shape index (κ3) is 5.88.